The average Bonchev–Trinajstić information content (AvgIpc) is 3.17. The Hall–Kier alpha value is -1.80. The highest BCUT2D eigenvalue weighted by atomic mass is 79.9. The molecule has 0 radical (unpaired) electrons. The van der Waals surface area contributed by atoms with Crippen molar-refractivity contribution in [1.29, 1.82) is 0 Å². The Morgan fingerprint density at radius 2 is 2.06 bits per heavy atom. The zero-order chi connectivity index (χ0) is 23.1. The predicted molar refractivity (Wildman–Crippen MR) is 126 cm³/mol. The summed E-state index contributed by atoms with van der Waals surface area (Å²) >= 11 is 0. The van der Waals surface area contributed by atoms with E-state index in [-0.39, 0.29) is 58.3 Å². The molecular formula is C25H32BrNO6. The summed E-state index contributed by atoms with van der Waals surface area (Å²) in [5, 5.41) is 11.6. The second-order valence-corrected chi connectivity index (χ2v) is 10.7. The number of nitrogens with zero attached hydrogens (tertiary/aromatic N) is 1. The maximum absolute atomic E-state index is 13.5. The Morgan fingerprint density at radius 1 is 1.33 bits per heavy atom. The summed E-state index contributed by atoms with van der Waals surface area (Å²) in [6.45, 7) is 6.88. The number of carbonyl (C=O) groups excluding carboxylic acids is 3. The zero-order valence-corrected chi connectivity index (χ0v) is 21.2. The van der Waals surface area contributed by atoms with Gasteiger partial charge < -0.3 is 14.6 Å². The molecule has 8 atom stereocenters. The number of allylic oxidation sites excluding steroid dienone is 4. The summed E-state index contributed by atoms with van der Waals surface area (Å²) in [5.74, 6) is -0.0140. The molecular weight excluding hydrogens is 490 g/mol. The number of rotatable bonds is 3. The van der Waals surface area contributed by atoms with E-state index in [1.807, 2.05) is 6.08 Å². The van der Waals surface area contributed by atoms with Crippen LogP contribution >= 0.6 is 17.0 Å². The van der Waals surface area contributed by atoms with Crippen molar-refractivity contribution in [3.05, 3.63) is 23.8 Å². The third-order valence-corrected chi connectivity index (χ3v) is 9.17. The maximum atomic E-state index is 13.5. The van der Waals surface area contributed by atoms with Gasteiger partial charge in [-0.25, -0.2) is 4.99 Å². The summed E-state index contributed by atoms with van der Waals surface area (Å²) in [6.07, 6.45) is 7.01. The number of esters is 1. The van der Waals surface area contributed by atoms with E-state index < -0.39 is 29.1 Å². The first-order valence-corrected chi connectivity index (χ1v) is 11.5. The normalized spacial score (nSPS) is 44.8. The molecule has 7 nitrogen and oxygen atoms in total. The number of hydrogen-bond donors (Lipinski definition) is 1. The second-order valence-electron chi connectivity index (χ2n) is 10.7. The highest BCUT2D eigenvalue weighted by Gasteiger charge is 2.74. The lowest BCUT2D eigenvalue weighted by atomic mass is 9.46. The lowest BCUT2D eigenvalue weighted by Gasteiger charge is -2.59. The molecule has 0 aromatic rings. The van der Waals surface area contributed by atoms with Crippen LogP contribution in [0.3, 0.4) is 0 Å². The van der Waals surface area contributed by atoms with Gasteiger partial charge >= 0.3 is 5.97 Å². The third-order valence-electron chi connectivity index (χ3n) is 9.17. The largest absolute Gasteiger partial charge is 0.475 e. The van der Waals surface area contributed by atoms with Crippen LogP contribution in [0.1, 0.15) is 53.4 Å². The van der Waals surface area contributed by atoms with Crippen molar-refractivity contribution in [2.45, 2.75) is 71.1 Å². The number of halogens is 1. The van der Waals surface area contributed by atoms with Gasteiger partial charge in [-0.3, -0.25) is 14.4 Å². The van der Waals surface area contributed by atoms with Crippen LogP contribution in [0.25, 0.3) is 0 Å². The first-order chi connectivity index (χ1) is 15.0. The van der Waals surface area contributed by atoms with E-state index in [4.69, 9.17) is 14.5 Å². The molecule has 0 aromatic carbocycles. The van der Waals surface area contributed by atoms with E-state index in [1.165, 1.54) is 6.92 Å². The topological polar surface area (TPSA) is 102 Å². The van der Waals surface area contributed by atoms with Gasteiger partial charge in [-0.2, -0.15) is 0 Å². The highest BCUT2D eigenvalue weighted by Crippen LogP contribution is 2.69. The molecule has 0 unspecified atom stereocenters. The Morgan fingerprint density at radius 3 is 2.76 bits per heavy atom. The first kappa shape index (κ1) is 24.3. The lowest BCUT2D eigenvalue weighted by molar-refractivity contribution is -0.155. The van der Waals surface area contributed by atoms with E-state index in [0.29, 0.717) is 18.7 Å². The lowest BCUT2D eigenvalue weighted by Crippen LogP contribution is -2.62. The minimum Gasteiger partial charge on any atom is -0.475 e. The number of aliphatic imine (C=N–C) groups is 1. The standard InChI is InChI=1S/C25H31NO6.BrH/c1-13-26-25(20(30)12-31-14(2)27)21(32-13)10-18-17-6-5-15-9-16(28)7-8-23(15,3)22(17)19(29)11-24(18,25)4;/h7-9,17-19,21-22,29H,5-6,10-12H2,1-4H3;1H/t17-,18-,19-,21+,22+,23-,24-,25+;/m0./s1. The van der Waals surface area contributed by atoms with Gasteiger partial charge in [0.15, 0.2) is 23.8 Å². The molecule has 5 aliphatic rings. The summed E-state index contributed by atoms with van der Waals surface area (Å²) in [6, 6.07) is 0. The van der Waals surface area contributed by atoms with Gasteiger partial charge in [0, 0.05) is 30.6 Å². The van der Waals surface area contributed by atoms with E-state index in [1.54, 1.807) is 19.1 Å². The van der Waals surface area contributed by atoms with Crippen molar-refractivity contribution in [2.75, 3.05) is 6.61 Å². The van der Waals surface area contributed by atoms with Crippen molar-refractivity contribution >= 4 is 40.4 Å². The number of aliphatic hydroxyl groups is 1. The van der Waals surface area contributed by atoms with Crippen LogP contribution in [0.2, 0.25) is 0 Å². The van der Waals surface area contributed by atoms with Gasteiger partial charge in [-0.05, 0) is 49.7 Å². The van der Waals surface area contributed by atoms with Crippen LogP contribution in [0.5, 0.6) is 0 Å². The van der Waals surface area contributed by atoms with Crippen LogP contribution in [0.4, 0.5) is 0 Å². The van der Waals surface area contributed by atoms with Gasteiger partial charge in [0.25, 0.3) is 0 Å². The van der Waals surface area contributed by atoms with Gasteiger partial charge in [0.05, 0.1) is 6.10 Å². The quantitative estimate of drug-likeness (QED) is 0.572. The number of ether oxygens (including phenoxy) is 2. The number of Topliss-reactive ketones (excluding diaryl/α,β-unsaturated/α-hetero) is 1. The first-order valence-electron chi connectivity index (χ1n) is 11.5. The van der Waals surface area contributed by atoms with Crippen molar-refractivity contribution < 1.29 is 29.0 Å². The molecule has 8 heteroatoms. The number of carbonyl (C=O) groups is 3. The van der Waals surface area contributed by atoms with Crippen molar-refractivity contribution in [3.8, 4) is 0 Å². The molecule has 4 aliphatic carbocycles. The number of hydrogen-bond acceptors (Lipinski definition) is 7. The molecule has 1 heterocycles. The molecule has 0 aromatic heterocycles. The maximum Gasteiger partial charge on any atom is 0.303 e. The Balaban J connectivity index is 0.00000259. The highest BCUT2D eigenvalue weighted by molar-refractivity contribution is 8.93. The minimum atomic E-state index is -1.15. The zero-order valence-electron chi connectivity index (χ0n) is 19.5. The van der Waals surface area contributed by atoms with Gasteiger partial charge in [0.1, 0.15) is 6.10 Å². The molecule has 3 fully saturated rings. The van der Waals surface area contributed by atoms with Crippen molar-refractivity contribution in [1.82, 2.24) is 0 Å². The van der Waals surface area contributed by atoms with Crippen LogP contribution in [0.15, 0.2) is 28.8 Å². The number of ketones is 2. The third kappa shape index (κ3) is 3.16. The molecule has 0 spiro atoms. The van der Waals surface area contributed by atoms with Crippen molar-refractivity contribution in [2.24, 2.45) is 33.6 Å². The summed E-state index contributed by atoms with van der Waals surface area (Å²) < 4.78 is 11.2. The Labute approximate surface area is 204 Å². The van der Waals surface area contributed by atoms with Gasteiger partial charge in [0.2, 0.25) is 5.78 Å². The Kier molecular flexibility index (Phi) is 5.80. The smallest absolute Gasteiger partial charge is 0.303 e. The molecule has 180 valence electrons. The van der Waals surface area contributed by atoms with E-state index in [2.05, 4.69) is 13.8 Å². The fourth-order valence-electron chi connectivity index (χ4n) is 7.97. The summed E-state index contributed by atoms with van der Waals surface area (Å²) in [7, 11) is 0. The van der Waals surface area contributed by atoms with E-state index in [9.17, 15) is 19.5 Å². The number of aliphatic hydroxyl groups excluding tert-OH is 1. The second kappa shape index (κ2) is 7.87. The molecule has 0 bridgehead atoms. The minimum absolute atomic E-state index is 0. The van der Waals surface area contributed by atoms with E-state index >= 15 is 0 Å². The van der Waals surface area contributed by atoms with Crippen LogP contribution in [-0.2, 0) is 23.9 Å². The average molecular weight is 522 g/mol. The fourth-order valence-corrected chi connectivity index (χ4v) is 7.97. The molecule has 0 amide bonds. The van der Waals surface area contributed by atoms with E-state index in [0.717, 1.165) is 18.4 Å². The van der Waals surface area contributed by atoms with Gasteiger partial charge in [-0.1, -0.05) is 25.5 Å². The molecule has 1 N–H and O–H groups in total. The predicted octanol–water partition coefficient (Wildman–Crippen LogP) is 3.14. The number of fused-ring (bicyclic) bond motifs is 7. The van der Waals surface area contributed by atoms with Crippen molar-refractivity contribution in [3.63, 3.8) is 0 Å². The van der Waals surface area contributed by atoms with Crippen LogP contribution in [0, 0.1) is 28.6 Å². The van der Waals surface area contributed by atoms with Gasteiger partial charge in [-0.15, -0.1) is 17.0 Å². The molecule has 0 saturated heterocycles. The molecule has 1 aliphatic heterocycles. The van der Waals surface area contributed by atoms with Crippen LogP contribution < -0.4 is 0 Å². The molecule has 3 saturated carbocycles. The monoisotopic (exact) mass is 521 g/mol. The van der Waals surface area contributed by atoms with Crippen LogP contribution in [-0.4, -0.2) is 52.9 Å². The summed E-state index contributed by atoms with van der Waals surface area (Å²) in [4.78, 5) is 41.7. The molecule has 33 heavy (non-hydrogen) atoms. The fraction of sp³-hybridized carbons (Fsp3) is 0.680. The molecule has 5 rings (SSSR count). The Bertz CT molecular complexity index is 1000. The SMILES string of the molecule is Br.CC(=O)OCC(=O)[C@@]12N=C(C)O[C@@H]1C[C@H]1[C@@H]3CCC4=CC(=O)C=C[C@]4(C)[C@H]3[C@@H](O)C[C@@]12C. The summed E-state index contributed by atoms with van der Waals surface area (Å²) in [5.41, 5.74) is -1.04.